The molecular formula is C18H19N3O5S. The van der Waals surface area contributed by atoms with E-state index in [4.69, 9.17) is 14.9 Å². The number of ether oxygens (including phenoxy) is 1. The van der Waals surface area contributed by atoms with E-state index in [0.717, 1.165) is 9.88 Å². The Hall–Kier alpha value is -2.91. The number of nitrogens with zero attached hydrogens (tertiary/aromatic N) is 1. The molecule has 1 unspecified atom stereocenters. The van der Waals surface area contributed by atoms with Gasteiger partial charge in [-0.25, -0.2) is 4.98 Å². The Labute approximate surface area is 158 Å². The fourth-order valence-electron chi connectivity index (χ4n) is 2.62. The molecule has 0 radical (unpaired) electrons. The number of hydrogen-bond donors (Lipinski definition) is 3. The third-order valence-electron chi connectivity index (χ3n) is 3.93. The van der Waals surface area contributed by atoms with Crippen LogP contribution < -0.4 is 15.8 Å². The minimum atomic E-state index is -1.17. The van der Waals surface area contributed by atoms with E-state index in [0.29, 0.717) is 29.1 Å². The topological polar surface area (TPSA) is 128 Å². The van der Waals surface area contributed by atoms with Crippen molar-refractivity contribution in [2.24, 2.45) is 5.73 Å². The molecule has 8 nitrogen and oxygen atoms in total. The lowest BCUT2D eigenvalue weighted by molar-refractivity contribution is -0.120. The second-order valence-electron chi connectivity index (χ2n) is 5.96. The van der Waals surface area contributed by atoms with Gasteiger partial charge in [0.2, 0.25) is 5.91 Å². The number of amides is 2. The molecule has 2 heterocycles. The molecular weight excluding hydrogens is 370 g/mol. The number of carbonyl (C=O) groups is 2. The minimum Gasteiger partial charge on any atom is -0.486 e. The summed E-state index contributed by atoms with van der Waals surface area (Å²) in [6, 6.07) is 3.97. The molecule has 1 atom stereocenters. The summed E-state index contributed by atoms with van der Waals surface area (Å²) in [5, 5.41) is 13.0. The summed E-state index contributed by atoms with van der Waals surface area (Å²) in [6.07, 6.45) is 1.78. The molecule has 27 heavy (non-hydrogen) atoms. The predicted molar refractivity (Wildman–Crippen MR) is 99.7 cm³/mol. The molecule has 142 valence electrons. The summed E-state index contributed by atoms with van der Waals surface area (Å²) in [5.41, 5.74) is 5.93. The van der Waals surface area contributed by atoms with Gasteiger partial charge in [0.15, 0.2) is 0 Å². The van der Waals surface area contributed by atoms with E-state index in [1.165, 1.54) is 0 Å². The lowest BCUT2D eigenvalue weighted by Gasteiger charge is -2.12. The van der Waals surface area contributed by atoms with Crippen LogP contribution in [0.4, 0.5) is 0 Å². The molecule has 0 saturated carbocycles. The number of nitrogens with two attached hydrogens (primary N) is 1. The van der Waals surface area contributed by atoms with E-state index in [1.54, 1.807) is 42.7 Å². The summed E-state index contributed by atoms with van der Waals surface area (Å²) in [7, 11) is 0. The van der Waals surface area contributed by atoms with Gasteiger partial charge in [-0.15, -0.1) is 11.3 Å². The quantitative estimate of drug-likeness (QED) is 0.564. The molecule has 3 aromatic rings. The van der Waals surface area contributed by atoms with Crippen LogP contribution in [0.1, 0.15) is 26.0 Å². The van der Waals surface area contributed by atoms with Crippen molar-refractivity contribution in [3.05, 3.63) is 45.6 Å². The predicted octanol–water partition coefficient (Wildman–Crippen LogP) is 1.66. The number of furan rings is 1. The van der Waals surface area contributed by atoms with Crippen molar-refractivity contribution in [2.45, 2.75) is 26.5 Å². The third-order valence-corrected chi connectivity index (χ3v) is 4.81. The normalized spacial score (nSPS) is 12.1. The van der Waals surface area contributed by atoms with Crippen LogP contribution in [0.15, 0.2) is 28.8 Å². The van der Waals surface area contributed by atoms with Crippen LogP contribution in [0, 0.1) is 13.8 Å². The van der Waals surface area contributed by atoms with E-state index < -0.39 is 24.5 Å². The molecule has 0 aliphatic rings. The maximum atomic E-state index is 12.6. The standard InChI is InChI=1S/C18H19N3O5S/c1-9-6-20-15(27-9)8-25-11-3-4-14-12(5-11)16(10(2)26-14)18(24)21-13(7-22)17(19)23/h3-6,13,22H,7-8H2,1-2H3,(H2,19,23)(H,21,24). The van der Waals surface area contributed by atoms with Crippen molar-refractivity contribution < 1.29 is 23.8 Å². The van der Waals surface area contributed by atoms with E-state index >= 15 is 0 Å². The first-order chi connectivity index (χ1) is 12.9. The Morgan fingerprint density at radius 3 is 2.81 bits per heavy atom. The molecule has 3 rings (SSSR count). The number of primary amides is 1. The molecule has 0 aliphatic carbocycles. The highest BCUT2D eigenvalue weighted by atomic mass is 32.1. The monoisotopic (exact) mass is 389 g/mol. The number of rotatable bonds is 7. The number of carbonyl (C=O) groups excluding carboxylic acids is 2. The average molecular weight is 389 g/mol. The molecule has 2 amide bonds. The zero-order valence-electron chi connectivity index (χ0n) is 14.8. The Morgan fingerprint density at radius 2 is 2.19 bits per heavy atom. The molecule has 0 aliphatic heterocycles. The Morgan fingerprint density at radius 1 is 1.41 bits per heavy atom. The Bertz CT molecular complexity index is 994. The number of aliphatic hydroxyl groups is 1. The summed E-state index contributed by atoms with van der Waals surface area (Å²) >= 11 is 1.55. The van der Waals surface area contributed by atoms with Gasteiger partial charge in [-0.05, 0) is 32.0 Å². The number of aromatic nitrogens is 1. The van der Waals surface area contributed by atoms with Crippen LogP contribution in [0.3, 0.4) is 0 Å². The summed E-state index contributed by atoms with van der Waals surface area (Å²) in [6.45, 7) is 3.35. The number of aliphatic hydroxyl groups excluding tert-OH is 1. The fraction of sp³-hybridized carbons (Fsp3) is 0.278. The van der Waals surface area contributed by atoms with Gasteiger partial charge in [-0.1, -0.05) is 0 Å². The molecule has 4 N–H and O–H groups in total. The van der Waals surface area contributed by atoms with Gasteiger partial charge in [-0.3, -0.25) is 9.59 Å². The van der Waals surface area contributed by atoms with E-state index in [9.17, 15) is 14.7 Å². The largest absolute Gasteiger partial charge is 0.486 e. The smallest absolute Gasteiger partial charge is 0.256 e. The molecule has 0 saturated heterocycles. The van der Waals surface area contributed by atoms with Gasteiger partial charge >= 0.3 is 0 Å². The SMILES string of the molecule is Cc1cnc(COc2ccc3oc(C)c(C(=O)NC(CO)C(N)=O)c3c2)s1. The molecule has 1 aromatic carbocycles. The fourth-order valence-corrected chi connectivity index (χ4v) is 3.32. The van der Waals surface area contributed by atoms with Crippen molar-refractivity contribution >= 4 is 34.1 Å². The van der Waals surface area contributed by atoms with Crippen LogP contribution in [-0.4, -0.2) is 34.6 Å². The van der Waals surface area contributed by atoms with Gasteiger partial charge in [-0.2, -0.15) is 0 Å². The number of fused-ring (bicyclic) bond motifs is 1. The number of aryl methyl sites for hydroxylation is 2. The second-order valence-corrected chi connectivity index (χ2v) is 7.27. The molecule has 2 aromatic heterocycles. The number of thiazole rings is 1. The minimum absolute atomic E-state index is 0.264. The number of benzene rings is 1. The second kappa shape index (κ2) is 7.77. The van der Waals surface area contributed by atoms with E-state index in [-0.39, 0.29) is 5.56 Å². The number of hydrogen-bond acceptors (Lipinski definition) is 7. The van der Waals surface area contributed by atoms with Gasteiger partial charge in [0.05, 0.1) is 12.2 Å². The van der Waals surface area contributed by atoms with Crippen LogP contribution in [-0.2, 0) is 11.4 Å². The number of nitrogens with one attached hydrogen (secondary N) is 1. The van der Waals surface area contributed by atoms with Gasteiger partial charge in [0, 0.05) is 16.5 Å². The van der Waals surface area contributed by atoms with Gasteiger partial charge in [0.25, 0.3) is 5.91 Å². The Kier molecular flexibility index (Phi) is 5.43. The van der Waals surface area contributed by atoms with E-state index in [2.05, 4.69) is 10.3 Å². The lowest BCUT2D eigenvalue weighted by atomic mass is 10.1. The van der Waals surface area contributed by atoms with Crippen molar-refractivity contribution in [3.8, 4) is 5.75 Å². The van der Waals surface area contributed by atoms with E-state index in [1.807, 2.05) is 6.92 Å². The van der Waals surface area contributed by atoms with Crippen LogP contribution in [0.5, 0.6) is 5.75 Å². The maximum absolute atomic E-state index is 12.6. The molecule has 9 heteroatoms. The summed E-state index contributed by atoms with van der Waals surface area (Å²) < 4.78 is 11.4. The first-order valence-electron chi connectivity index (χ1n) is 8.17. The lowest BCUT2D eigenvalue weighted by Crippen LogP contribution is -2.46. The molecule has 0 fully saturated rings. The average Bonchev–Trinajstić information content (AvgIpc) is 3.19. The van der Waals surface area contributed by atoms with Crippen molar-refractivity contribution in [3.63, 3.8) is 0 Å². The first kappa shape index (κ1) is 18.9. The first-order valence-corrected chi connectivity index (χ1v) is 8.99. The maximum Gasteiger partial charge on any atom is 0.256 e. The van der Waals surface area contributed by atoms with Crippen LogP contribution >= 0.6 is 11.3 Å². The zero-order chi connectivity index (χ0) is 19.6. The summed E-state index contributed by atoms with van der Waals surface area (Å²) in [4.78, 5) is 29.2. The van der Waals surface area contributed by atoms with Crippen LogP contribution in [0.2, 0.25) is 0 Å². The Balaban J connectivity index is 1.85. The highest BCUT2D eigenvalue weighted by Gasteiger charge is 2.23. The summed E-state index contributed by atoms with van der Waals surface area (Å²) in [5.74, 6) is -0.439. The highest BCUT2D eigenvalue weighted by Crippen LogP contribution is 2.29. The third kappa shape index (κ3) is 4.09. The van der Waals surface area contributed by atoms with Crippen LogP contribution in [0.25, 0.3) is 11.0 Å². The van der Waals surface area contributed by atoms with Crippen molar-refractivity contribution in [1.29, 1.82) is 0 Å². The zero-order valence-corrected chi connectivity index (χ0v) is 15.6. The van der Waals surface area contributed by atoms with Gasteiger partial charge < -0.3 is 25.3 Å². The molecule has 0 bridgehead atoms. The van der Waals surface area contributed by atoms with Gasteiger partial charge in [0.1, 0.15) is 34.7 Å². The molecule has 0 spiro atoms. The highest BCUT2D eigenvalue weighted by molar-refractivity contribution is 7.11. The van der Waals surface area contributed by atoms with Crippen molar-refractivity contribution in [2.75, 3.05) is 6.61 Å². The van der Waals surface area contributed by atoms with Crippen molar-refractivity contribution in [1.82, 2.24) is 10.3 Å².